The van der Waals surface area contributed by atoms with Crippen molar-refractivity contribution in [3.63, 3.8) is 0 Å². The molecule has 0 bridgehead atoms. The van der Waals surface area contributed by atoms with E-state index < -0.39 is 5.82 Å². The van der Waals surface area contributed by atoms with Crippen molar-refractivity contribution in [1.29, 1.82) is 0 Å². The lowest BCUT2D eigenvalue weighted by Gasteiger charge is -2.18. The van der Waals surface area contributed by atoms with E-state index >= 15 is 0 Å². The Morgan fingerprint density at radius 1 is 1.00 bits per heavy atom. The quantitative estimate of drug-likeness (QED) is 0.848. The van der Waals surface area contributed by atoms with Gasteiger partial charge >= 0.3 is 0 Å². The summed E-state index contributed by atoms with van der Waals surface area (Å²) in [5.74, 6) is 0.393. The number of benzene rings is 1. The topological polar surface area (TPSA) is 32.3 Å². The van der Waals surface area contributed by atoms with Gasteiger partial charge in [0.1, 0.15) is 0 Å². The second-order valence-electron chi connectivity index (χ2n) is 4.67. The van der Waals surface area contributed by atoms with E-state index in [0.29, 0.717) is 11.6 Å². The molecule has 0 aliphatic carbocycles. The summed E-state index contributed by atoms with van der Waals surface area (Å²) in [5, 5.41) is 0. The first-order valence-electron chi connectivity index (χ1n) is 5.97. The fourth-order valence-electron chi connectivity index (χ4n) is 1.85. The Labute approximate surface area is 112 Å². The van der Waals surface area contributed by atoms with Crippen LogP contribution >= 0.6 is 0 Å². The number of hydrogen-bond donors (Lipinski definition) is 0. The smallest absolute Gasteiger partial charge is 0.183 e. The van der Waals surface area contributed by atoms with Crippen molar-refractivity contribution >= 4 is 11.5 Å². The van der Waals surface area contributed by atoms with E-state index in [1.54, 1.807) is 19.0 Å². The molecule has 0 amide bonds. The highest BCUT2D eigenvalue weighted by molar-refractivity contribution is 5.74. The van der Waals surface area contributed by atoms with Crippen LogP contribution in [0.5, 0.6) is 0 Å². The molecule has 5 heteroatoms. The zero-order valence-electron chi connectivity index (χ0n) is 11.6. The van der Waals surface area contributed by atoms with Gasteiger partial charge in [-0.25, -0.2) is 14.4 Å². The summed E-state index contributed by atoms with van der Waals surface area (Å²) in [5.41, 5.74) is 1.88. The van der Waals surface area contributed by atoms with Crippen molar-refractivity contribution < 1.29 is 4.39 Å². The van der Waals surface area contributed by atoms with E-state index in [-0.39, 0.29) is 0 Å². The third-order valence-corrected chi connectivity index (χ3v) is 2.78. The number of rotatable bonds is 3. The lowest BCUT2D eigenvalue weighted by molar-refractivity contribution is 0.612. The maximum Gasteiger partial charge on any atom is 0.183 e. The molecule has 0 N–H and O–H groups in total. The minimum atomic E-state index is -0.420. The van der Waals surface area contributed by atoms with Crippen molar-refractivity contribution in [2.75, 3.05) is 38.0 Å². The molecule has 0 fully saturated rings. The first-order chi connectivity index (χ1) is 9.00. The lowest BCUT2D eigenvalue weighted by atomic mass is 10.1. The van der Waals surface area contributed by atoms with Gasteiger partial charge in [0, 0.05) is 39.4 Å². The van der Waals surface area contributed by atoms with Crippen LogP contribution in [0, 0.1) is 5.82 Å². The Morgan fingerprint density at radius 2 is 1.68 bits per heavy atom. The average Bonchev–Trinajstić information content (AvgIpc) is 2.39. The molecule has 4 nitrogen and oxygen atoms in total. The summed E-state index contributed by atoms with van der Waals surface area (Å²) < 4.78 is 13.6. The monoisotopic (exact) mass is 260 g/mol. The molecule has 0 spiro atoms. The van der Waals surface area contributed by atoms with E-state index in [1.165, 1.54) is 6.20 Å². The molecule has 0 radical (unpaired) electrons. The van der Waals surface area contributed by atoms with Crippen LogP contribution < -0.4 is 9.80 Å². The average molecular weight is 260 g/mol. The van der Waals surface area contributed by atoms with Crippen LogP contribution in [0.2, 0.25) is 0 Å². The van der Waals surface area contributed by atoms with E-state index in [0.717, 1.165) is 11.3 Å². The Morgan fingerprint density at radius 3 is 2.32 bits per heavy atom. The van der Waals surface area contributed by atoms with Crippen LogP contribution in [-0.4, -0.2) is 38.2 Å². The van der Waals surface area contributed by atoms with Crippen LogP contribution in [-0.2, 0) is 0 Å². The summed E-state index contributed by atoms with van der Waals surface area (Å²) in [6.07, 6.45) is 1.21. The normalized spacial score (nSPS) is 10.4. The molecular weight excluding hydrogens is 243 g/mol. The summed E-state index contributed by atoms with van der Waals surface area (Å²) in [6, 6.07) is 7.79. The van der Waals surface area contributed by atoms with E-state index in [4.69, 9.17) is 0 Å². The maximum atomic E-state index is 13.6. The zero-order chi connectivity index (χ0) is 14.0. The van der Waals surface area contributed by atoms with Crippen molar-refractivity contribution in [3.8, 4) is 11.4 Å². The molecule has 0 aliphatic rings. The van der Waals surface area contributed by atoms with Gasteiger partial charge in [-0.3, -0.25) is 0 Å². The van der Waals surface area contributed by atoms with Crippen LogP contribution in [0.4, 0.5) is 15.9 Å². The highest BCUT2D eigenvalue weighted by atomic mass is 19.1. The zero-order valence-corrected chi connectivity index (χ0v) is 11.6. The molecule has 0 saturated carbocycles. The van der Waals surface area contributed by atoms with Crippen molar-refractivity contribution in [1.82, 2.24) is 9.97 Å². The molecule has 0 aliphatic heterocycles. The Bertz CT molecular complexity index is 581. The summed E-state index contributed by atoms with van der Waals surface area (Å²) in [6.45, 7) is 0. The molecule has 100 valence electrons. The number of anilines is 2. The highest BCUT2D eigenvalue weighted by Gasteiger charge is 2.13. The van der Waals surface area contributed by atoms with E-state index in [9.17, 15) is 4.39 Å². The standard InChI is InChI=1S/C14H17FN4/c1-18(2)12-8-6-5-7-10(12)13-16-9-11(15)14(17-13)19(3)4/h5-9H,1-4H3. The molecule has 1 heterocycles. The SMILES string of the molecule is CN(C)c1ccccc1-c1ncc(F)c(N(C)C)n1. The van der Waals surface area contributed by atoms with Crippen LogP contribution in [0.3, 0.4) is 0 Å². The largest absolute Gasteiger partial charge is 0.377 e. The van der Waals surface area contributed by atoms with Crippen molar-refractivity contribution in [2.45, 2.75) is 0 Å². The summed E-state index contributed by atoms with van der Waals surface area (Å²) in [4.78, 5) is 12.0. The van der Waals surface area contributed by atoms with Gasteiger partial charge in [0.25, 0.3) is 0 Å². The van der Waals surface area contributed by atoms with Gasteiger partial charge in [0.2, 0.25) is 0 Å². The van der Waals surface area contributed by atoms with Crippen molar-refractivity contribution in [2.24, 2.45) is 0 Å². The fraction of sp³-hybridized carbons (Fsp3) is 0.286. The van der Waals surface area contributed by atoms with Gasteiger partial charge in [-0.15, -0.1) is 0 Å². The van der Waals surface area contributed by atoms with Crippen molar-refractivity contribution in [3.05, 3.63) is 36.3 Å². The number of nitrogens with zero attached hydrogens (tertiary/aromatic N) is 4. The van der Waals surface area contributed by atoms with Crippen LogP contribution in [0.1, 0.15) is 0 Å². The maximum absolute atomic E-state index is 13.6. The third-order valence-electron chi connectivity index (χ3n) is 2.78. The molecule has 0 saturated heterocycles. The Balaban J connectivity index is 2.57. The number of para-hydroxylation sites is 1. The number of aromatic nitrogens is 2. The van der Waals surface area contributed by atoms with Crippen LogP contribution in [0.15, 0.2) is 30.5 Å². The van der Waals surface area contributed by atoms with Gasteiger partial charge in [-0.05, 0) is 12.1 Å². The fourth-order valence-corrected chi connectivity index (χ4v) is 1.85. The summed E-state index contributed by atoms with van der Waals surface area (Å²) in [7, 11) is 7.42. The second kappa shape index (κ2) is 5.22. The van der Waals surface area contributed by atoms with Gasteiger partial charge in [-0.2, -0.15) is 0 Å². The second-order valence-corrected chi connectivity index (χ2v) is 4.67. The third kappa shape index (κ3) is 2.65. The predicted octanol–water partition coefficient (Wildman–Crippen LogP) is 2.41. The predicted molar refractivity (Wildman–Crippen MR) is 76.1 cm³/mol. The molecule has 1 aromatic heterocycles. The molecule has 1 aromatic carbocycles. The van der Waals surface area contributed by atoms with Gasteiger partial charge < -0.3 is 9.80 Å². The van der Waals surface area contributed by atoms with E-state index in [1.807, 2.05) is 43.3 Å². The molecule has 0 unspecified atom stereocenters. The minimum absolute atomic E-state index is 0.290. The highest BCUT2D eigenvalue weighted by Crippen LogP contribution is 2.28. The first kappa shape index (κ1) is 13.3. The van der Waals surface area contributed by atoms with Crippen LogP contribution in [0.25, 0.3) is 11.4 Å². The molecular formula is C14H17FN4. The van der Waals surface area contributed by atoms with E-state index in [2.05, 4.69) is 9.97 Å². The molecule has 19 heavy (non-hydrogen) atoms. The molecule has 2 rings (SSSR count). The van der Waals surface area contributed by atoms with Gasteiger partial charge in [-0.1, -0.05) is 12.1 Å². The summed E-state index contributed by atoms with van der Waals surface area (Å²) >= 11 is 0. The first-order valence-corrected chi connectivity index (χ1v) is 5.97. The molecule has 0 atom stereocenters. The lowest BCUT2D eigenvalue weighted by Crippen LogP contribution is -2.14. The molecule has 2 aromatic rings. The Kier molecular flexibility index (Phi) is 3.64. The van der Waals surface area contributed by atoms with Gasteiger partial charge in [0.05, 0.1) is 6.20 Å². The minimum Gasteiger partial charge on any atom is -0.377 e. The Hall–Kier alpha value is -2.17. The van der Waals surface area contributed by atoms with Gasteiger partial charge in [0.15, 0.2) is 17.5 Å². The number of hydrogen-bond acceptors (Lipinski definition) is 4. The number of halogens is 1.